The van der Waals surface area contributed by atoms with Gasteiger partial charge in [-0.2, -0.15) is 0 Å². The smallest absolute Gasteiger partial charge is 0.103 e. The van der Waals surface area contributed by atoms with Gasteiger partial charge in [-0.05, 0) is 63.6 Å². The highest BCUT2D eigenvalue weighted by molar-refractivity contribution is 9.11. The normalized spacial score (nSPS) is 10.5. The zero-order valence-corrected chi connectivity index (χ0v) is 14.0. The number of rotatable bonds is 4. The van der Waals surface area contributed by atoms with Gasteiger partial charge in [0.05, 0.1) is 3.79 Å². The Kier molecular flexibility index (Phi) is 4.60. The molecule has 0 atom stereocenters. The molecule has 0 unspecified atom stereocenters. The third-order valence-electron chi connectivity index (χ3n) is 2.93. The summed E-state index contributed by atoms with van der Waals surface area (Å²) in [5.41, 5.74) is 10.3. The Hall–Kier alpha value is -0.910. The molecule has 0 radical (unpaired) electrons. The number of nitrogens with zero attached hydrogens (tertiary/aromatic N) is 1. The molecule has 2 N–H and O–H groups in total. The number of thiophene rings is 1. The van der Waals surface area contributed by atoms with Crippen LogP contribution in [0.15, 0.2) is 33.4 Å². The molecule has 1 aromatic carbocycles. The van der Waals surface area contributed by atoms with Crippen LogP contribution in [-0.4, -0.2) is 12.0 Å². The summed E-state index contributed by atoms with van der Waals surface area (Å²) in [4.78, 5) is 2.67. The number of thiocarbonyl (C=S) groups is 1. The van der Waals surface area contributed by atoms with Crippen LogP contribution in [0, 0.1) is 6.92 Å². The van der Waals surface area contributed by atoms with E-state index in [2.05, 4.69) is 52.3 Å². The van der Waals surface area contributed by atoms with Crippen molar-refractivity contribution in [3.63, 3.8) is 0 Å². The van der Waals surface area contributed by atoms with E-state index in [4.69, 9.17) is 18.0 Å². The topological polar surface area (TPSA) is 29.3 Å². The highest BCUT2D eigenvalue weighted by Crippen LogP contribution is 2.25. The number of nitrogens with two attached hydrogens (primary N) is 1. The van der Waals surface area contributed by atoms with Gasteiger partial charge in [0.15, 0.2) is 0 Å². The van der Waals surface area contributed by atoms with E-state index < -0.39 is 0 Å². The lowest BCUT2D eigenvalue weighted by Gasteiger charge is -2.21. The number of aryl methyl sites for hydroxylation is 1. The first-order chi connectivity index (χ1) is 8.97. The van der Waals surface area contributed by atoms with Gasteiger partial charge in [0.25, 0.3) is 0 Å². The lowest BCUT2D eigenvalue weighted by atomic mass is 10.1. The molecule has 19 heavy (non-hydrogen) atoms. The van der Waals surface area contributed by atoms with E-state index in [0.717, 1.165) is 15.9 Å². The average molecular weight is 355 g/mol. The third-order valence-corrected chi connectivity index (χ3v) is 4.72. The maximum atomic E-state index is 5.65. The van der Waals surface area contributed by atoms with Crippen LogP contribution in [0.3, 0.4) is 0 Å². The lowest BCUT2D eigenvalue weighted by Crippen LogP contribution is -2.18. The first kappa shape index (κ1) is 14.5. The summed E-state index contributed by atoms with van der Waals surface area (Å²) < 4.78 is 1.16. The second-order valence-corrected chi connectivity index (χ2v) is 7.21. The van der Waals surface area contributed by atoms with Gasteiger partial charge in [-0.25, -0.2) is 0 Å². The molecule has 2 rings (SSSR count). The highest BCUT2D eigenvalue weighted by atomic mass is 79.9. The van der Waals surface area contributed by atoms with Crippen molar-refractivity contribution in [3.8, 4) is 0 Å². The third kappa shape index (κ3) is 3.55. The van der Waals surface area contributed by atoms with Gasteiger partial charge in [-0.1, -0.05) is 12.2 Å². The molecule has 0 fully saturated rings. The van der Waals surface area contributed by atoms with Gasteiger partial charge in [0.1, 0.15) is 4.99 Å². The minimum absolute atomic E-state index is 0.444. The molecule has 0 aliphatic carbocycles. The van der Waals surface area contributed by atoms with Gasteiger partial charge in [-0.15, -0.1) is 11.3 Å². The second kappa shape index (κ2) is 6.03. The first-order valence-electron chi connectivity index (χ1n) is 5.82. The minimum atomic E-state index is 0.444. The van der Waals surface area contributed by atoms with Crippen LogP contribution >= 0.6 is 39.5 Å². The second-order valence-electron chi connectivity index (χ2n) is 4.48. The molecule has 0 aliphatic rings. The predicted octanol–water partition coefficient (Wildman–Crippen LogP) is 4.09. The van der Waals surface area contributed by atoms with Crippen molar-refractivity contribution in [1.82, 2.24) is 0 Å². The van der Waals surface area contributed by atoms with E-state index in [1.165, 1.54) is 16.8 Å². The first-order valence-corrected chi connectivity index (χ1v) is 7.90. The zero-order chi connectivity index (χ0) is 14.0. The molecule has 2 aromatic rings. The van der Waals surface area contributed by atoms with Crippen LogP contribution in [0.25, 0.3) is 0 Å². The van der Waals surface area contributed by atoms with E-state index in [-0.39, 0.29) is 0 Å². The van der Waals surface area contributed by atoms with Crippen molar-refractivity contribution in [3.05, 3.63) is 50.1 Å². The molecule has 2 nitrogen and oxygen atoms in total. The molecule has 0 bridgehead atoms. The summed E-state index contributed by atoms with van der Waals surface area (Å²) in [5.74, 6) is 0. The summed E-state index contributed by atoms with van der Waals surface area (Å²) in [6.45, 7) is 2.96. The Morgan fingerprint density at radius 3 is 2.68 bits per heavy atom. The van der Waals surface area contributed by atoms with Crippen LogP contribution in [0.2, 0.25) is 0 Å². The van der Waals surface area contributed by atoms with Gasteiger partial charge in [0, 0.05) is 24.8 Å². The highest BCUT2D eigenvalue weighted by Gasteiger charge is 2.08. The Morgan fingerprint density at radius 1 is 1.42 bits per heavy atom. The van der Waals surface area contributed by atoms with E-state index in [0.29, 0.717) is 4.99 Å². The van der Waals surface area contributed by atoms with E-state index in [1.807, 2.05) is 12.1 Å². The summed E-state index contributed by atoms with van der Waals surface area (Å²) in [6.07, 6.45) is 0. The fourth-order valence-electron chi connectivity index (χ4n) is 2.02. The Morgan fingerprint density at radius 2 is 2.16 bits per heavy atom. The van der Waals surface area contributed by atoms with Crippen LogP contribution in [-0.2, 0) is 6.54 Å². The SMILES string of the molecule is Cc1cc(C(N)=S)ccc1N(C)Cc1csc(Br)c1. The Balaban J connectivity index is 2.19. The van der Waals surface area contributed by atoms with Crippen molar-refractivity contribution in [2.24, 2.45) is 5.73 Å². The van der Waals surface area contributed by atoms with Crippen molar-refractivity contribution in [2.45, 2.75) is 13.5 Å². The number of benzene rings is 1. The van der Waals surface area contributed by atoms with E-state index in [9.17, 15) is 0 Å². The quantitative estimate of drug-likeness (QED) is 0.838. The molecular weight excluding hydrogens is 340 g/mol. The maximum Gasteiger partial charge on any atom is 0.103 e. The van der Waals surface area contributed by atoms with E-state index >= 15 is 0 Å². The fourth-order valence-corrected chi connectivity index (χ4v) is 3.35. The standard InChI is InChI=1S/C14H15BrN2S2/c1-9-5-11(14(16)18)3-4-12(9)17(2)7-10-6-13(15)19-8-10/h3-6,8H,7H2,1-2H3,(H2,16,18). The molecule has 0 saturated heterocycles. The van der Waals surface area contributed by atoms with Gasteiger partial charge >= 0.3 is 0 Å². The number of halogens is 1. The average Bonchev–Trinajstić information content (AvgIpc) is 2.74. The summed E-state index contributed by atoms with van der Waals surface area (Å²) in [6, 6.07) is 8.24. The molecule has 0 spiro atoms. The number of hydrogen-bond donors (Lipinski definition) is 1. The predicted molar refractivity (Wildman–Crippen MR) is 91.2 cm³/mol. The molecule has 0 amide bonds. The van der Waals surface area contributed by atoms with Crippen molar-refractivity contribution >= 4 is 50.2 Å². The summed E-state index contributed by atoms with van der Waals surface area (Å²) >= 11 is 10.2. The minimum Gasteiger partial charge on any atom is -0.389 e. The molecule has 0 aliphatic heterocycles. The summed E-state index contributed by atoms with van der Waals surface area (Å²) in [7, 11) is 2.09. The fraction of sp³-hybridized carbons (Fsp3) is 0.214. The van der Waals surface area contributed by atoms with Gasteiger partial charge in [0.2, 0.25) is 0 Å². The molecule has 0 saturated carbocycles. The molecule has 100 valence electrons. The van der Waals surface area contributed by atoms with Crippen molar-refractivity contribution < 1.29 is 0 Å². The zero-order valence-electron chi connectivity index (χ0n) is 10.8. The van der Waals surface area contributed by atoms with Crippen LogP contribution in [0.4, 0.5) is 5.69 Å². The lowest BCUT2D eigenvalue weighted by molar-refractivity contribution is 0.921. The van der Waals surface area contributed by atoms with Gasteiger partial charge in [-0.3, -0.25) is 0 Å². The monoisotopic (exact) mass is 354 g/mol. The molecule has 5 heteroatoms. The van der Waals surface area contributed by atoms with Crippen molar-refractivity contribution in [2.75, 3.05) is 11.9 Å². The largest absolute Gasteiger partial charge is 0.389 e. The molecule has 1 heterocycles. The number of hydrogen-bond acceptors (Lipinski definition) is 3. The van der Waals surface area contributed by atoms with Crippen LogP contribution < -0.4 is 10.6 Å². The van der Waals surface area contributed by atoms with Crippen LogP contribution in [0.1, 0.15) is 16.7 Å². The van der Waals surface area contributed by atoms with E-state index in [1.54, 1.807) is 11.3 Å². The summed E-state index contributed by atoms with van der Waals surface area (Å²) in [5, 5.41) is 2.17. The van der Waals surface area contributed by atoms with Gasteiger partial charge < -0.3 is 10.6 Å². The Bertz CT molecular complexity index is 607. The Labute approximate surface area is 131 Å². The number of anilines is 1. The van der Waals surface area contributed by atoms with Crippen molar-refractivity contribution in [1.29, 1.82) is 0 Å². The molecular formula is C14H15BrN2S2. The molecule has 1 aromatic heterocycles. The maximum absolute atomic E-state index is 5.65. The van der Waals surface area contributed by atoms with Crippen LogP contribution in [0.5, 0.6) is 0 Å².